The first-order valence-electron chi connectivity index (χ1n) is 8.29. The van der Waals surface area contributed by atoms with Crippen LogP contribution in [0.3, 0.4) is 0 Å². The lowest BCUT2D eigenvalue weighted by molar-refractivity contribution is 0.0520. The van der Waals surface area contributed by atoms with E-state index >= 15 is 0 Å². The number of rotatable bonds is 5. The largest absolute Gasteiger partial charge is 0.461 e. The van der Waals surface area contributed by atoms with Crippen molar-refractivity contribution in [2.75, 3.05) is 24.6 Å². The fourth-order valence-corrected chi connectivity index (χ4v) is 3.48. The van der Waals surface area contributed by atoms with Crippen molar-refractivity contribution in [3.63, 3.8) is 0 Å². The zero-order chi connectivity index (χ0) is 17.1. The Morgan fingerprint density at radius 2 is 2.29 bits per heavy atom. The molecular formula is C18H22BrN3O2. The summed E-state index contributed by atoms with van der Waals surface area (Å²) in [6, 6.07) is 6.48. The van der Waals surface area contributed by atoms with Crippen LogP contribution < -0.4 is 4.90 Å². The van der Waals surface area contributed by atoms with Crippen molar-refractivity contribution in [3.05, 3.63) is 46.5 Å². The maximum absolute atomic E-state index is 11.7. The molecule has 1 aliphatic rings. The normalized spacial score (nSPS) is 17.3. The lowest BCUT2D eigenvalue weighted by Crippen LogP contribution is -2.19. The van der Waals surface area contributed by atoms with Crippen LogP contribution in [0.25, 0.3) is 0 Å². The van der Waals surface area contributed by atoms with Crippen LogP contribution in [0.4, 0.5) is 5.69 Å². The highest BCUT2D eigenvalue weighted by Crippen LogP contribution is 2.28. The number of carbonyl (C=O) groups excluding carboxylic acids is 1. The third-order valence-electron chi connectivity index (χ3n) is 4.30. The quantitative estimate of drug-likeness (QED) is 0.728. The standard InChI is InChI=1S/C18H22BrN3O2/c1-3-24-18(23)17-11-21(12-20-17)10-14-4-5-15(8-16(14)19)22-7-6-13(2)9-22/h4-5,8,11-13H,3,6-7,9-10H2,1-2H3. The first-order chi connectivity index (χ1) is 11.6. The zero-order valence-electron chi connectivity index (χ0n) is 14.0. The number of ether oxygens (including phenoxy) is 1. The minimum Gasteiger partial charge on any atom is -0.461 e. The predicted octanol–water partition coefficient (Wildman–Crippen LogP) is 3.72. The number of nitrogens with zero attached hydrogens (tertiary/aromatic N) is 3. The van der Waals surface area contributed by atoms with Gasteiger partial charge in [-0.05, 0) is 37.0 Å². The maximum Gasteiger partial charge on any atom is 0.358 e. The summed E-state index contributed by atoms with van der Waals surface area (Å²) in [4.78, 5) is 18.2. The first kappa shape index (κ1) is 17.0. The molecule has 0 spiro atoms. The van der Waals surface area contributed by atoms with Gasteiger partial charge in [0.25, 0.3) is 0 Å². The van der Waals surface area contributed by atoms with E-state index in [2.05, 4.69) is 50.9 Å². The second-order valence-corrected chi connectivity index (χ2v) is 7.12. The molecule has 1 aromatic carbocycles. The summed E-state index contributed by atoms with van der Waals surface area (Å²) in [6.07, 6.45) is 4.64. The average Bonchev–Trinajstić information content (AvgIpc) is 3.19. The lowest BCUT2D eigenvalue weighted by Gasteiger charge is -2.19. The first-order valence-corrected chi connectivity index (χ1v) is 9.08. The van der Waals surface area contributed by atoms with Crippen LogP contribution in [0.2, 0.25) is 0 Å². The number of hydrogen-bond acceptors (Lipinski definition) is 4. The maximum atomic E-state index is 11.7. The number of imidazole rings is 1. The van der Waals surface area contributed by atoms with Gasteiger partial charge in [-0.3, -0.25) is 0 Å². The Kier molecular flexibility index (Phi) is 5.23. The van der Waals surface area contributed by atoms with Crippen LogP contribution in [-0.4, -0.2) is 35.2 Å². The van der Waals surface area contributed by atoms with E-state index in [1.165, 1.54) is 12.1 Å². The minimum atomic E-state index is -0.381. The van der Waals surface area contributed by atoms with Gasteiger partial charge in [0, 0.05) is 36.0 Å². The van der Waals surface area contributed by atoms with Crippen molar-refractivity contribution >= 4 is 27.6 Å². The van der Waals surface area contributed by atoms with Gasteiger partial charge >= 0.3 is 5.97 Å². The molecule has 1 aliphatic heterocycles. The van der Waals surface area contributed by atoms with Gasteiger partial charge in [0.15, 0.2) is 5.69 Å². The highest BCUT2D eigenvalue weighted by atomic mass is 79.9. The van der Waals surface area contributed by atoms with Crippen molar-refractivity contribution in [1.29, 1.82) is 0 Å². The molecular weight excluding hydrogens is 370 g/mol. The Hall–Kier alpha value is -1.82. The van der Waals surface area contributed by atoms with Crippen molar-refractivity contribution in [2.45, 2.75) is 26.8 Å². The van der Waals surface area contributed by atoms with Crippen molar-refractivity contribution in [2.24, 2.45) is 5.92 Å². The number of hydrogen-bond donors (Lipinski definition) is 0. The number of benzene rings is 1. The molecule has 0 aliphatic carbocycles. The van der Waals surface area contributed by atoms with Gasteiger partial charge in [0.05, 0.1) is 12.9 Å². The Balaban J connectivity index is 1.70. The highest BCUT2D eigenvalue weighted by Gasteiger charge is 2.19. The van der Waals surface area contributed by atoms with E-state index in [1.54, 1.807) is 19.4 Å². The number of carbonyl (C=O) groups is 1. The molecule has 3 rings (SSSR count). The molecule has 2 heterocycles. The third-order valence-corrected chi connectivity index (χ3v) is 5.03. The zero-order valence-corrected chi connectivity index (χ0v) is 15.6. The molecule has 0 N–H and O–H groups in total. The van der Waals surface area contributed by atoms with Gasteiger partial charge in [-0.25, -0.2) is 9.78 Å². The Bertz CT molecular complexity index is 729. The predicted molar refractivity (Wildman–Crippen MR) is 97.4 cm³/mol. The van der Waals surface area contributed by atoms with E-state index in [-0.39, 0.29) is 5.97 Å². The van der Waals surface area contributed by atoms with Gasteiger partial charge in [0.1, 0.15) is 0 Å². The van der Waals surface area contributed by atoms with Crippen molar-refractivity contribution < 1.29 is 9.53 Å². The molecule has 1 atom stereocenters. The van der Waals surface area contributed by atoms with E-state index < -0.39 is 0 Å². The van der Waals surface area contributed by atoms with Crippen LogP contribution in [0.1, 0.15) is 36.3 Å². The van der Waals surface area contributed by atoms with Crippen LogP contribution >= 0.6 is 15.9 Å². The van der Waals surface area contributed by atoms with Gasteiger partial charge in [-0.15, -0.1) is 0 Å². The molecule has 0 amide bonds. The van der Waals surface area contributed by atoms with E-state index in [0.717, 1.165) is 29.0 Å². The van der Waals surface area contributed by atoms with Crippen LogP contribution in [0.15, 0.2) is 35.2 Å². The molecule has 2 aromatic rings. The van der Waals surface area contributed by atoms with Gasteiger partial charge < -0.3 is 14.2 Å². The van der Waals surface area contributed by atoms with E-state index in [1.807, 2.05) is 4.57 Å². The second-order valence-electron chi connectivity index (χ2n) is 6.27. The van der Waals surface area contributed by atoms with Gasteiger partial charge in [0.2, 0.25) is 0 Å². The number of aromatic nitrogens is 2. The monoisotopic (exact) mass is 391 g/mol. The number of esters is 1. The molecule has 6 heteroatoms. The van der Waals surface area contributed by atoms with E-state index in [4.69, 9.17) is 4.74 Å². The molecule has 0 saturated carbocycles. The summed E-state index contributed by atoms with van der Waals surface area (Å²) in [5, 5.41) is 0. The number of anilines is 1. The Morgan fingerprint density at radius 3 is 2.96 bits per heavy atom. The minimum absolute atomic E-state index is 0.343. The summed E-state index contributed by atoms with van der Waals surface area (Å²) >= 11 is 3.68. The molecule has 24 heavy (non-hydrogen) atoms. The lowest BCUT2D eigenvalue weighted by atomic mass is 10.2. The third kappa shape index (κ3) is 3.80. The smallest absolute Gasteiger partial charge is 0.358 e. The Morgan fingerprint density at radius 1 is 1.46 bits per heavy atom. The summed E-state index contributed by atoms with van der Waals surface area (Å²) < 4.78 is 7.93. The highest BCUT2D eigenvalue weighted by molar-refractivity contribution is 9.10. The Labute approximate surface area is 150 Å². The average molecular weight is 392 g/mol. The van der Waals surface area contributed by atoms with Crippen LogP contribution in [0, 0.1) is 5.92 Å². The van der Waals surface area contributed by atoms with Crippen LogP contribution in [-0.2, 0) is 11.3 Å². The summed E-state index contributed by atoms with van der Waals surface area (Å²) in [5.74, 6) is 0.379. The van der Waals surface area contributed by atoms with E-state index in [0.29, 0.717) is 18.8 Å². The summed E-state index contributed by atoms with van der Waals surface area (Å²) in [5.41, 5.74) is 2.75. The fourth-order valence-electron chi connectivity index (χ4n) is 2.98. The molecule has 1 fully saturated rings. The van der Waals surface area contributed by atoms with Gasteiger partial charge in [-0.1, -0.05) is 28.9 Å². The topological polar surface area (TPSA) is 47.4 Å². The second kappa shape index (κ2) is 7.38. The molecule has 1 saturated heterocycles. The summed E-state index contributed by atoms with van der Waals surface area (Å²) in [7, 11) is 0. The summed E-state index contributed by atoms with van der Waals surface area (Å²) in [6.45, 7) is 7.34. The van der Waals surface area contributed by atoms with Crippen molar-refractivity contribution in [1.82, 2.24) is 9.55 Å². The molecule has 0 radical (unpaired) electrons. The van der Waals surface area contributed by atoms with Crippen molar-refractivity contribution in [3.8, 4) is 0 Å². The fraction of sp³-hybridized carbons (Fsp3) is 0.444. The number of halogens is 1. The molecule has 1 aromatic heterocycles. The molecule has 128 valence electrons. The molecule has 1 unspecified atom stereocenters. The molecule has 0 bridgehead atoms. The molecule has 5 nitrogen and oxygen atoms in total. The van der Waals surface area contributed by atoms with Crippen LogP contribution in [0.5, 0.6) is 0 Å². The van der Waals surface area contributed by atoms with E-state index in [9.17, 15) is 4.79 Å². The SMILES string of the molecule is CCOC(=O)c1cn(Cc2ccc(N3CCC(C)C3)cc2Br)cn1. The van der Waals surface area contributed by atoms with Gasteiger partial charge in [-0.2, -0.15) is 0 Å².